The van der Waals surface area contributed by atoms with E-state index in [1.165, 1.54) is 0 Å². The van der Waals surface area contributed by atoms with Crippen molar-refractivity contribution in [3.8, 4) is 0 Å². The Morgan fingerprint density at radius 2 is 1.85 bits per heavy atom. The SMILES string of the molecule is CCCC(C)NS(=O)(=O)c1cc(CNC)c(C)cc1C. The van der Waals surface area contributed by atoms with Crippen molar-refractivity contribution in [1.29, 1.82) is 0 Å². The molecule has 4 nitrogen and oxygen atoms in total. The van der Waals surface area contributed by atoms with Gasteiger partial charge in [0.15, 0.2) is 0 Å². The minimum Gasteiger partial charge on any atom is -0.316 e. The van der Waals surface area contributed by atoms with Crippen LogP contribution in [0.3, 0.4) is 0 Å². The van der Waals surface area contributed by atoms with Gasteiger partial charge < -0.3 is 5.32 Å². The third-order valence-electron chi connectivity index (χ3n) is 3.37. The lowest BCUT2D eigenvalue weighted by atomic mass is 10.1. The molecule has 20 heavy (non-hydrogen) atoms. The normalized spacial score (nSPS) is 13.4. The summed E-state index contributed by atoms with van der Waals surface area (Å²) in [5.74, 6) is 0. The number of benzene rings is 1. The van der Waals surface area contributed by atoms with Crippen LogP contribution in [0.25, 0.3) is 0 Å². The molecule has 0 spiro atoms. The monoisotopic (exact) mass is 298 g/mol. The van der Waals surface area contributed by atoms with Crippen molar-refractivity contribution in [3.63, 3.8) is 0 Å². The number of hydrogen-bond donors (Lipinski definition) is 2. The highest BCUT2D eigenvalue weighted by atomic mass is 32.2. The summed E-state index contributed by atoms with van der Waals surface area (Å²) >= 11 is 0. The van der Waals surface area contributed by atoms with Gasteiger partial charge in [0, 0.05) is 12.6 Å². The summed E-state index contributed by atoms with van der Waals surface area (Å²) in [7, 11) is -1.59. The first-order valence-electron chi connectivity index (χ1n) is 7.08. The summed E-state index contributed by atoms with van der Waals surface area (Å²) in [6, 6.07) is 3.67. The highest BCUT2D eigenvalue weighted by Crippen LogP contribution is 2.21. The highest BCUT2D eigenvalue weighted by molar-refractivity contribution is 7.89. The summed E-state index contributed by atoms with van der Waals surface area (Å²) in [4.78, 5) is 0.385. The Morgan fingerprint density at radius 1 is 1.20 bits per heavy atom. The first-order chi connectivity index (χ1) is 9.31. The minimum absolute atomic E-state index is 0.0431. The van der Waals surface area contributed by atoms with Gasteiger partial charge in [0.1, 0.15) is 0 Å². The molecule has 5 heteroatoms. The molecule has 0 aromatic heterocycles. The van der Waals surface area contributed by atoms with Crippen molar-refractivity contribution >= 4 is 10.0 Å². The number of hydrogen-bond acceptors (Lipinski definition) is 3. The zero-order valence-corrected chi connectivity index (χ0v) is 13.9. The standard InChI is InChI=1S/C15H26N2O2S/c1-6-7-13(4)17-20(18,19)15-9-14(10-16-5)11(2)8-12(15)3/h8-9,13,16-17H,6-7,10H2,1-5H3. The van der Waals surface area contributed by atoms with E-state index in [0.29, 0.717) is 11.4 Å². The fourth-order valence-electron chi connectivity index (χ4n) is 2.37. The Morgan fingerprint density at radius 3 is 2.40 bits per heavy atom. The fraction of sp³-hybridized carbons (Fsp3) is 0.600. The Bertz CT molecular complexity index is 553. The second-order valence-electron chi connectivity index (χ2n) is 5.39. The highest BCUT2D eigenvalue weighted by Gasteiger charge is 2.20. The van der Waals surface area contributed by atoms with Crippen molar-refractivity contribution < 1.29 is 8.42 Å². The van der Waals surface area contributed by atoms with E-state index in [-0.39, 0.29) is 6.04 Å². The maximum absolute atomic E-state index is 12.5. The van der Waals surface area contributed by atoms with E-state index in [9.17, 15) is 8.42 Å². The van der Waals surface area contributed by atoms with Crippen LogP contribution in [-0.4, -0.2) is 21.5 Å². The molecule has 1 aromatic rings. The van der Waals surface area contributed by atoms with Crippen LogP contribution in [-0.2, 0) is 16.6 Å². The van der Waals surface area contributed by atoms with Crippen LogP contribution in [0.4, 0.5) is 0 Å². The zero-order valence-electron chi connectivity index (χ0n) is 13.1. The second kappa shape index (κ2) is 7.20. The number of aryl methyl sites for hydroxylation is 2. The topological polar surface area (TPSA) is 58.2 Å². The number of rotatable bonds is 7. The average molecular weight is 298 g/mol. The van der Waals surface area contributed by atoms with E-state index < -0.39 is 10.0 Å². The predicted octanol–water partition coefficient (Wildman–Crippen LogP) is 2.49. The van der Waals surface area contributed by atoms with Gasteiger partial charge in [-0.05, 0) is 57.0 Å². The van der Waals surface area contributed by atoms with E-state index in [1.807, 2.05) is 40.8 Å². The lowest BCUT2D eigenvalue weighted by Crippen LogP contribution is -2.33. The quantitative estimate of drug-likeness (QED) is 0.813. The molecule has 0 aliphatic heterocycles. The summed E-state index contributed by atoms with van der Waals surface area (Å²) in [6.07, 6.45) is 1.80. The van der Waals surface area contributed by atoms with Gasteiger partial charge in [-0.25, -0.2) is 13.1 Å². The van der Waals surface area contributed by atoms with Crippen molar-refractivity contribution in [1.82, 2.24) is 10.0 Å². The number of nitrogens with one attached hydrogen (secondary N) is 2. The molecule has 0 bridgehead atoms. The largest absolute Gasteiger partial charge is 0.316 e. The molecule has 0 heterocycles. The fourth-order valence-corrected chi connectivity index (χ4v) is 3.92. The molecule has 2 N–H and O–H groups in total. The molecule has 0 aliphatic carbocycles. The van der Waals surface area contributed by atoms with Crippen molar-refractivity contribution in [2.75, 3.05) is 7.05 Å². The van der Waals surface area contributed by atoms with Gasteiger partial charge >= 0.3 is 0 Å². The Balaban J connectivity index is 3.14. The van der Waals surface area contributed by atoms with Crippen molar-refractivity contribution in [2.45, 2.75) is 58.0 Å². The molecule has 1 atom stereocenters. The molecular weight excluding hydrogens is 272 g/mol. The Hall–Kier alpha value is -0.910. The maximum atomic E-state index is 12.5. The van der Waals surface area contributed by atoms with Crippen LogP contribution in [0, 0.1) is 13.8 Å². The Kier molecular flexibility index (Phi) is 6.17. The molecule has 0 aliphatic rings. The summed E-state index contributed by atoms with van der Waals surface area (Å²) in [6.45, 7) is 8.46. The lowest BCUT2D eigenvalue weighted by Gasteiger charge is -2.16. The van der Waals surface area contributed by atoms with E-state index in [0.717, 1.165) is 29.5 Å². The average Bonchev–Trinajstić information content (AvgIpc) is 2.32. The molecule has 1 rings (SSSR count). The Labute approximate surface area is 123 Å². The van der Waals surface area contributed by atoms with Gasteiger partial charge in [-0.15, -0.1) is 0 Å². The van der Waals surface area contributed by atoms with Gasteiger partial charge in [-0.3, -0.25) is 0 Å². The molecular formula is C15H26N2O2S. The van der Waals surface area contributed by atoms with Crippen LogP contribution in [0.1, 0.15) is 43.4 Å². The van der Waals surface area contributed by atoms with Gasteiger partial charge in [0.2, 0.25) is 10.0 Å². The molecule has 1 aromatic carbocycles. The first kappa shape index (κ1) is 17.1. The van der Waals surface area contributed by atoms with Gasteiger partial charge in [0.25, 0.3) is 0 Å². The van der Waals surface area contributed by atoms with Crippen LogP contribution in [0.5, 0.6) is 0 Å². The molecule has 114 valence electrons. The second-order valence-corrected chi connectivity index (χ2v) is 7.07. The van der Waals surface area contributed by atoms with E-state index in [4.69, 9.17) is 0 Å². The van der Waals surface area contributed by atoms with Crippen LogP contribution >= 0.6 is 0 Å². The van der Waals surface area contributed by atoms with Gasteiger partial charge in [-0.2, -0.15) is 0 Å². The van der Waals surface area contributed by atoms with Crippen LogP contribution < -0.4 is 10.0 Å². The molecule has 0 radical (unpaired) electrons. The zero-order chi connectivity index (χ0) is 15.3. The molecule has 1 unspecified atom stereocenters. The first-order valence-corrected chi connectivity index (χ1v) is 8.57. The number of sulfonamides is 1. The van der Waals surface area contributed by atoms with Crippen molar-refractivity contribution in [3.05, 3.63) is 28.8 Å². The van der Waals surface area contributed by atoms with E-state index in [1.54, 1.807) is 6.07 Å². The van der Waals surface area contributed by atoms with Crippen LogP contribution in [0.15, 0.2) is 17.0 Å². The summed E-state index contributed by atoms with van der Waals surface area (Å²) < 4.78 is 27.7. The maximum Gasteiger partial charge on any atom is 0.241 e. The predicted molar refractivity (Wildman–Crippen MR) is 83.4 cm³/mol. The third kappa shape index (κ3) is 4.30. The summed E-state index contributed by atoms with van der Waals surface area (Å²) in [5.41, 5.74) is 2.91. The van der Waals surface area contributed by atoms with E-state index in [2.05, 4.69) is 10.0 Å². The van der Waals surface area contributed by atoms with Crippen LogP contribution in [0.2, 0.25) is 0 Å². The molecule has 0 saturated heterocycles. The minimum atomic E-state index is -3.45. The smallest absolute Gasteiger partial charge is 0.241 e. The molecule has 0 fully saturated rings. The molecule has 0 saturated carbocycles. The molecule has 0 amide bonds. The van der Waals surface area contributed by atoms with Gasteiger partial charge in [0.05, 0.1) is 4.90 Å². The summed E-state index contributed by atoms with van der Waals surface area (Å²) in [5, 5.41) is 3.07. The van der Waals surface area contributed by atoms with Gasteiger partial charge in [-0.1, -0.05) is 19.4 Å². The lowest BCUT2D eigenvalue weighted by molar-refractivity contribution is 0.543. The third-order valence-corrected chi connectivity index (χ3v) is 5.10. The van der Waals surface area contributed by atoms with Crippen molar-refractivity contribution in [2.24, 2.45) is 0 Å². The van der Waals surface area contributed by atoms with E-state index >= 15 is 0 Å².